The number of rotatable bonds is 7. The lowest BCUT2D eigenvalue weighted by Crippen LogP contribution is -2.18. The van der Waals surface area contributed by atoms with Crippen molar-refractivity contribution in [1.82, 2.24) is 5.32 Å². The summed E-state index contributed by atoms with van der Waals surface area (Å²) < 4.78 is 16.3. The molecule has 136 valence electrons. The standard InChI is InChI=1S/C22H25NO3/c1-15(18-11-7-9-17-8-5-6-10-19(17)18)23-14-16-12-20(24-2)22(26-4)21(13-16)25-3/h5-13,15,23H,14H2,1-4H3/t15-/m0/s1. The maximum atomic E-state index is 5.44. The zero-order chi connectivity index (χ0) is 18.5. The Morgan fingerprint density at radius 3 is 2.15 bits per heavy atom. The van der Waals surface area contributed by atoms with Gasteiger partial charge in [0.2, 0.25) is 5.75 Å². The van der Waals surface area contributed by atoms with Gasteiger partial charge in [0.05, 0.1) is 21.3 Å². The van der Waals surface area contributed by atoms with E-state index in [2.05, 4.69) is 54.7 Å². The number of hydrogen-bond donors (Lipinski definition) is 1. The number of methoxy groups -OCH3 is 3. The van der Waals surface area contributed by atoms with Crippen LogP contribution in [-0.4, -0.2) is 21.3 Å². The average molecular weight is 351 g/mol. The second-order valence-corrected chi connectivity index (χ2v) is 6.20. The van der Waals surface area contributed by atoms with Gasteiger partial charge in [-0.2, -0.15) is 0 Å². The number of hydrogen-bond acceptors (Lipinski definition) is 4. The van der Waals surface area contributed by atoms with Crippen molar-refractivity contribution in [3.8, 4) is 17.2 Å². The Balaban J connectivity index is 1.82. The van der Waals surface area contributed by atoms with E-state index in [1.165, 1.54) is 16.3 Å². The molecule has 3 aromatic rings. The van der Waals surface area contributed by atoms with Crippen LogP contribution in [0.3, 0.4) is 0 Å². The Morgan fingerprint density at radius 2 is 1.50 bits per heavy atom. The van der Waals surface area contributed by atoms with Gasteiger partial charge in [-0.15, -0.1) is 0 Å². The normalized spacial score (nSPS) is 12.0. The number of nitrogens with one attached hydrogen (secondary N) is 1. The van der Waals surface area contributed by atoms with E-state index in [0.29, 0.717) is 23.8 Å². The quantitative estimate of drug-likeness (QED) is 0.669. The lowest BCUT2D eigenvalue weighted by Gasteiger charge is -2.18. The summed E-state index contributed by atoms with van der Waals surface area (Å²) in [6.07, 6.45) is 0. The lowest BCUT2D eigenvalue weighted by molar-refractivity contribution is 0.323. The number of fused-ring (bicyclic) bond motifs is 1. The monoisotopic (exact) mass is 351 g/mol. The molecule has 1 N–H and O–H groups in total. The maximum Gasteiger partial charge on any atom is 0.203 e. The highest BCUT2D eigenvalue weighted by atomic mass is 16.5. The van der Waals surface area contributed by atoms with Crippen LogP contribution in [0.25, 0.3) is 10.8 Å². The summed E-state index contributed by atoms with van der Waals surface area (Å²) in [5.74, 6) is 1.95. The average Bonchev–Trinajstić information content (AvgIpc) is 2.70. The van der Waals surface area contributed by atoms with Gasteiger partial charge in [-0.05, 0) is 41.0 Å². The van der Waals surface area contributed by atoms with Crippen LogP contribution in [0.5, 0.6) is 17.2 Å². The Morgan fingerprint density at radius 1 is 0.846 bits per heavy atom. The van der Waals surface area contributed by atoms with Crippen molar-refractivity contribution in [2.75, 3.05) is 21.3 Å². The van der Waals surface area contributed by atoms with Crippen molar-refractivity contribution in [3.63, 3.8) is 0 Å². The lowest BCUT2D eigenvalue weighted by atomic mass is 9.99. The van der Waals surface area contributed by atoms with Gasteiger partial charge in [0, 0.05) is 12.6 Å². The second kappa shape index (κ2) is 8.11. The predicted octanol–water partition coefficient (Wildman–Crippen LogP) is 4.72. The molecule has 3 aromatic carbocycles. The minimum atomic E-state index is 0.209. The van der Waals surface area contributed by atoms with Gasteiger partial charge in [-0.1, -0.05) is 42.5 Å². The fraction of sp³-hybridized carbons (Fsp3) is 0.273. The molecular weight excluding hydrogens is 326 g/mol. The highest BCUT2D eigenvalue weighted by Gasteiger charge is 2.14. The van der Waals surface area contributed by atoms with Crippen molar-refractivity contribution in [1.29, 1.82) is 0 Å². The fourth-order valence-electron chi connectivity index (χ4n) is 3.25. The van der Waals surface area contributed by atoms with Gasteiger partial charge in [-0.25, -0.2) is 0 Å². The summed E-state index contributed by atoms with van der Waals surface area (Å²) in [6, 6.07) is 19.1. The van der Waals surface area contributed by atoms with Gasteiger partial charge < -0.3 is 19.5 Å². The molecule has 0 saturated carbocycles. The first-order valence-electron chi connectivity index (χ1n) is 8.67. The molecule has 0 spiro atoms. The highest BCUT2D eigenvalue weighted by molar-refractivity contribution is 5.86. The first-order valence-corrected chi connectivity index (χ1v) is 8.67. The van der Waals surface area contributed by atoms with Gasteiger partial charge >= 0.3 is 0 Å². The van der Waals surface area contributed by atoms with E-state index in [0.717, 1.165) is 5.56 Å². The molecule has 0 unspecified atom stereocenters. The van der Waals surface area contributed by atoms with Gasteiger partial charge in [0.1, 0.15) is 0 Å². The van der Waals surface area contributed by atoms with Crippen molar-refractivity contribution in [2.24, 2.45) is 0 Å². The third-order valence-corrected chi connectivity index (χ3v) is 4.63. The molecule has 0 amide bonds. The van der Waals surface area contributed by atoms with E-state index in [9.17, 15) is 0 Å². The Hall–Kier alpha value is -2.72. The summed E-state index contributed by atoms with van der Waals surface area (Å²) in [7, 11) is 4.88. The third kappa shape index (κ3) is 3.60. The molecule has 0 aliphatic heterocycles. The van der Waals surface area contributed by atoms with Crippen molar-refractivity contribution in [2.45, 2.75) is 19.5 Å². The molecule has 0 saturated heterocycles. The second-order valence-electron chi connectivity index (χ2n) is 6.20. The van der Waals surface area contributed by atoms with Crippen LogP contribution in [0.2, 0.25) is 0 Å². The maximum absolute atomic E-state index is 5.44. The zero-order valence-corrected chi connectivity index (χ0v) is 15.7. The Kier molecular flexibility index (Phi) is 5.64. The smallest absolute Gasteiger partial charge is 0.203 e. The van der Waals surface area contributed by atoms with E-state index < -0.39 is 0 Å². The van der Waals surface area contributed by atoms with E-state index in [4.69, 9.17) is 14.2 Å². The van der Waals surface area contributed by atoms with Crippen LogP contribution >= 0.6 is 0 Å². The van der Waals surface area contributed by atoms with Crippen LogP contribution < -0.4 is 19.5 Å². The largest absolute Gasteiger partial charge is 0.493 e. The predicted molar refractivity (Wildman–Crippen MR) is 105 cm³/mol. The van der Waals surface area contributed by atoms with Crippen LogP contribution in [0.1, 0.15) is 24.1 Å². The Bertz CT molecular complexity index is 861. The molecule has 0 fully saturated rings. The van der Waals surface area contributed by atoms with Crippen LogP contribution in [0.4, 0.5) is 0 Å². The van der Waals surface area contributed by atoms with Crippen molar-refractivity contribution >= 4 is 10.8 Å². The van der Waals surface area contributed by atoms with Crippen molar-refractivity contribution < 1.29 is 14.2 Å². The highest BCUT2D eigenvalue weighted by Crippen LogP contribution is 2.38. The summed E-state index contributed by atoms with van der Waals surface area (Å²) in [5.41, 5.74) is 2.36. The van der Waals surface area contributed by atoms with Crippen LogP contribution in [0.15, 0.2) is 54.6 Å². The van der Waals surface area contributed by atoms with Crippen LogP contribution in [0, 0.1) is 0 Å². The van der Waals surface area contributed by atoms with Gasteiger partial charge in [-0.3, -0.25) is 0 Å². The van der Waals surface area contributed by atoms with Crippen LogP contribution in [-0.2, 0) is 6.54 Å². The minimum Gasteiger partial charge on any atom is -0.493 e. The molecule has 0 aliphatic carbocycles. The number of benzene rings is 3. The molecule has 0 aromatic heterocycles. The topological polar surface area (TPSA) is 39.7 Å². The van der Waals surface area contributed by atoms with Crippen molar-refractivity contribution in [3.05, 3.63) is 65.7 Å². The molecule has 1 atom stereocenters. The summed E-state index contributed by atoms with van der Waals surface area (Å²) >= 11 is 0. The SMILES string of the molecule is COc1cc(CN[C@@H](C)c2cccc3ccccc23)cc(OC)c1OC. The third-order valence-electron chi connectivity index (χ3n) is 4.63. The van der Waals surface area contributed by atoms with E-state index in [1.54, 1.807) is 21.3 Å². The molecule has 0 bridgehead atoms. The summed E-state index contributed by atoms with van der Waals surface area (Å²) in [5, 5.41) is 6.13. The Labute approximate surface area is 154 Å². The molecule has 0 heterocycles. The molecule has 0 aliphatic rings. The molecule has 3 rings (SSSR count). The minimum absolute atomic E-state index is 0.209. The molecule has 4 nitrogen and oxygen atoms in total. The molecule has 26 heavy (non-hydrogen) atoms. The van der Waals surface area contributed by atoms with Gasteiger partial charge in [0.25, 0.3) is 0 Å². The molecule has 4 heteroatoms. The van der Waals surface area contributed by atoms with Gasteiger partial charge in [0.15, 0.2) is 11.5 Å². The number of ether oxygens (including phenoxy) is 3. The van der Waals surface area contributed by atoms with E-state index >= 15 is 0 Å². The molecule has 0 radical (unpaired) electrons. The summed E-state index contributed by atoms with van der Waals surface area (Å²) in [6.45, 7) is 2.88. The first kappa shape index (κ1) is 18.1. The van der Waals surface area contributed by atoms with E-state index in [-0.39, 0.29) is 6.04 Å². The fourth-order valence-corrected chi connectivity index (χ4v) is 3.25. The first-order chi connectivity index (χ1) is 12.7. The molecular formula is C22H25NO3. The summed E-state index contributed by atoms with van der Waals surface area (Å²) in [4.78, 5) is 0. The van der Waals surface area contributed by atoms with E-state index in [1.807, 2.05) is 12.1 Å². The zero-order valence-electron chi connectivity index (χ0n) is 15.7.